The van der Waals surface area contributed by atoms with Crippen molar-refractivity contribution in [2.75, 3.05) is 13.1 Å². The summed E-state index contributed by atoms with van der Waals surface area (Å²) >= 11 is 0. The molecule has 1 aromatic rings. The van der Waals surface area contributed by atoms with E-state index < -0.39 is 0 Å². The van der Waals surface area contributed by atoms with Crippen LogP contribution < -0.4 is 5.73 Å². The lowest BCUT2D eigenvalue weighted by atomic mass is 9.95. The Hall–Kier alpha value is -0.780. The molecule has 0 aromatic carbocycles. The molecule has 1 aliphatic carbocycles. The number of nitrogens with two attached hydrogens (primary N) is 1. The second-order valence-corrected chi connectivity index (χ2v) is 7.12. The number of amides is 1. The predicted molar refractivity (Wildman–Crippen MR) is 101 cm³/mol. The summed E-state index contributed by atoms with van der Waals surface area (Å²) in [4.78, 5) is 14.5. The molecule has 2 fully saturated rings. The Kier molecular flexibility index (Phi) is 8.54. The van der Waals surface area contributed by atoms with E-state index >= 15 is 0 Å². The first-order chi connectivity index (χ1) is 10.6. The standard InChI is InChI=1S/C17H28N4O.2ClH/c1-13-10-19-21(11-13)12-14-5-7-20(8-6-14)17(22)9-15-3-2-4-16(15)18;;/h10-11,14-16H,2-9,12,18H2,1H3;2*1H/t15-,16+;;/m0../s1. The lowest BCUT2D eigenvalue weighted by Crippen LogP contribution is -2.41. The summed E-state index contributed by atoms with van der Waals surface area (Å²) in [5.74, 6) is 1.37. The molecule has 0 radical (unpaired) electrons. The first-order valence-electron chi connectivity index (χ1n) is 8.64. The van der Waals surface area contributed by atoms with Crippen LogP contribution in [0.4, 0.5) is 0 Å². The van der Waals surface area contributed by atoms with Crippen molar-refractivity contribution in [3.05, 3.63) is 18.0 Å². The van der Waals surface area contributed by atoms with Crippen molar-refractivity contribution in [1.82, 2.24) is 14.7 Å². The number of carbonyl (C=O) groups is 1. The minimum absolute atomic E-state index is 0. The molecule has 0 unspecified atom stereocenters. The first-order valence-corrected chi connectivity index (χ1v) is 8.64. The van der Waals surface area contributed by atoms with Gasteiger partial charge in [-0.1, -0.05) is 6.42 Å². The van der Waals surface area contributed by atoms with E-state index in [1.54, 1.807) is 0 Å². The second-order valence-electron chi connectivity index (χ2n) is 7.12. The van der Waals surface area contributed by atoms with E-state index in [2.05, 4.69) is 23.1 Å². The lowest BCUT2D eigenvalue weighted by molar-refractivity contribution is -0.133. The van der Waals surface area contributed by atoms with E-state index in [0.29, 0.717) is 24.2 Å². The van der Waals surface area contributed by atoms with E-state index in [9.17, 15) is 4.79 Å². The number of rotatable bonds is 4. The maximum absolute atomic E-state index is 12.4. The van der Waals surface area contributed by atoms with Crippen molar-refractivity contribution >= 4 is 30.7 Å². The van der Waals surface area contributed by atoms with Gasteiger partial charge in [-0.2, -0.15) is 5.10 Å². The first kappa shape index (κ1) is 21.3. The zero-order valence-corrected chi connectivity index (χ0v) is 16.0. The summed E-state index contributed by atoms with van der Waals surface area (Å²) in [7, 11) is 0. The summed E-state index contributed by atoms with van der Waals surface area (Å²) in [5.41, 5.74) is 7.30. The van der Waals surface area contributed by atoms with Gasteiger partial charge in [0.2, 0.25) is 5.91 Å². The molecular formula is C17H30Cl2N4O. The van der Waals surface area contributed by atoms with Gasteiger partial charge in [0, 0.05) is 38.3 Å². The van der Waals surface area contributed by atoms with Crippen LogP contribution in [-0.4, -0.2) is 39.7 Å². The molecule has 24 heavy (non-hydrogen) atoms. The molecule has 2 aliphatic rings. The molecule has 0 spiro atoms. The highest BCUT2D eigenvalue weighted by Crippen LogP contribution is 2.28. The van der Waals surface area contributed by atoms with Gasteiger partial charge >= 0.3 is 0 Å². The highest BCUT2D eigenvalue weighted by atomic mass is 35.5. The maximum atomic E-state index is 12.4. The van der Waals surface area contributed by atoms with Crippen molar-refractivity contribution in [3.63, 3.8) is 0 Å². The number of hydrogen-bond donors (Lipinski definition) is 1. The molecule has 2 heterocycles. The predicted octanol–water partition coefficient (Wildman–Crippen LogP) is 2.79. The molecule has 7 heteroatoms. The van der Waals surface area contributed by atoms with Crippen LogP contribution in [0.2, 0.25) is 0 Å². The lowest BCUT2D eigenvalue weighted by Gasteiger charge is -2.33. The van der Waals surface area contributed by atoms with Crippen LogP contribution in [0.1, 0.15) is 44.1 Å². The van der Waals surface area contributed by atoms with Gasteiger partial charge in [-0.3, -0.25) is 9.48 Å². The van der Waals surface area contributed by atoms with Gasteiger partial charge in [0.1, 0.15) is 0 Å². The highest BCUT2D eigenvalue weighted by Gasteiger charge is 2.29. The normalized spacial score (nSPS) is 24.3. The fourth-order valence-electron chi connectivity index (χ4n) is 3.87. The zero-order valence-electron chi connectivity index (χ0n) is 14.4. The molecule has 0 bridgehead atoms. The molecule has 1 amide bonds. The largest absolute Gasteiger partial charge is 0.343 e. The Morgan fingerprint density at radius 2 is 1.96 bits per heavy atom. The Morgan fingerprint density at radius 3 is 2.50 bits per heavy atom. The smallest absolute Gasteiger partial charge is 0.222 e. The van der Waals surface area contributed by atoms with Crippen molar-refractivity contribution in [2.45, 2.75) is 58.0 Å². The van der Waals surface area contributed by atoms with Gasteiger partial charge in [0.05, 0.1) is 6.20 Å². The summed E-state index contributed by atoms with van der Waals surface area (Å²) < 4.78 is 2.04. The topological polar surface area (TPSA) is 64.2 Å². The van der Waals surface area contributed by atoms with Crippen molar-refractivity contribution < 1.29 is 4.79 Å². The van der Waals surface area contributed by atoms with Gasteiger partial charge in [-0.15, -0.1) is 24.8 Å². The number of aromatic nitrogens is 2. The fraction of sp³-hybridized carbons (Fsp3) is 0.765. The molecule has 1 aromatic heterocycles. The third-order valence-electron chi connectivity index (χ3n) is 5.33. The Morgan fingerprint density at radius 1 is 1.25 bits per heavy atom. The van der Waals surface area contributed by atoms with Gasteiger partial charge < -0.3 is 10.6 Å². The molecular weight excluding hydrogens is 347 g/mol. The Balaban J connectivity index is 0.00000144. The third kappa shape index (κ3) is 5.36. The summed E-state index contributed by atoms with van der Waals surface area (Å²) in [6.45, 7) is 4.83. The molecule has 5 nitrogen and oxygen atoms in total. The summed E-state index contributed by atoms with van der Waals surface area (Å²) in [6, 6.07) is 0.240. The second kappa shape index (κ2) is 9.64. The molecule has 2 atom stereocenters. The number of halogens is 2. The number of hydrogen-bond acceptors (Lipinski definition) is 3. The van der Waals surface area contributed by atoms with Crippen LogP contribution in [0.15, 0.2) is 12.4 Å². The van der Waals surface area contributed by atoms with Crippen LogP contribution in [0, 0.1) is 18.8 Å². The van der Waals surface area contributed by atoms with Gasteiger partial charge in [-0.05, 0) is 50.0 Å². The summed E-state index contributed by atoms with van der Waals surface area (Å²) in [6.07, 6.45) is 10.2. The number of carbonyl (C=O) groups excluding carboxylic acids is 1. The van der Waals surface area contributed by atoms with Crippen molar-refractivity contribution in [2.24, 2.45) is 17.6 Å². The van der Waals surface area contributed by atoms with E-state index in [0.717, 1.165) is 45.3 Å². The third-order valence-corrected chi connectivity index (χ3v) is 5.33. The SMILES string of the molecule is Cc1cnn(CC2CCN(C(=O)C[C@@H]3CCC[C@H]3N)CC2)c1.Cl.Cl. The highest BCUT2D eigenvalue weighted by molar-refractivity contribution is 5.85. The molecule has 1 aliphatic heterocycles. The van der Waals surface area contributed by atoms with Gasteiger partial charge in [0.15, 0.2) is 0 Å². The molecule has 3 rings (SSSR count). The van der Waals surface area contributed by atoms with Crippen molar-refractivity contribution in [3.8, 4) is 0 Å². The Labute approximate surface area is 157 Å². The molecule has 138 valence electrons. The minimum atomic E-state index is 0. The van der Waals surface area contributed by atoms with Crippen LogP contribution in [-0.2, 0) is 11.3 Å². The van der Waals surface area contributed by atoms with E-state index in [1.165, 1.54) is 12.0 Å². The fourth-order valence-corrected chi connectivity index (χ4v) is 3.87. The monoisotopic (exact) mass is 376 g/mol. The molecule has 1 saturated heterocycles. The zero-order chi connectivity index (χ0) is 15.5. The molecule has 1 saturated carbocycles. The van der Waals surface area contributed by atoms with Crippen LogP contribution in [0.3, 0.4) is 0 Å². The van der Waals surface area contributed by atoms with E-state index in [1.807, 2.05) is 10.9 Å². The van der Waals surface area contributed by atoms with Crippen LogP contribution in [0.25, 0.3) is 0 Å². The van der Waals surface area contributed by atoms with E-state index in [-0.39, 0.29) is 30.9 Å². The average Bonchev–Trinajstić information content (AvgIpc) is 3.09. The van der Waals surface area contributed by atoms with Crippen LogP contribution >= 0.6 is 24.8 Å². The Bertz CT molecular complexity index is 514. The minimum Gasteiger partial charge on any atom is -0.343 e. The van der Waals surface area contributed by atoms with Crippen molar-refractivity contribution in [1.29, 1.82) is 0 Å². The summed E-state index contributed by atoms with van der Waals surface area (Å²) in [5, 5.41) is 4.36. The number of likely N-dealkylation sites (tertiary alicyclic amines) is 1. The quantitative estimate of drug-likeness (QED) is 0.878. The van der Waals surface area contributed by atoms with E-state index in [4.69, 9.17) is 5.73 Å². The number of piperidine rings is 1. The van der Waals surface area contributed by atoms with Gasteiger partial charge in [0.25, 0.3) is 0 Å². The number of nitrogens with zero attached hydrogens (tertiary/aromatic N) is 3. The molecule has 2 N–H and O–H groups in total. The maximum Gasteiger partial charge on any atom is 0.222 e. The average molecular weight is 377 g/mol. The van der Waals surface area contributed by atoms with Gasteiger partial charge in [-0.25, -0.2) is 0 Å². The number of aryl methyl sites for hydroxylation is 1. The van der Waals surface area contributed by atoms with Crippen LogP contribution in [0.5, 0.6) is 0 Å².